The average molecular weight is 244 g/mol. The third-order valence-electron chi connectivity index (χ3n) is 2.13. The van der Waals surface area contributed by atoms with Gasteiger partial charge in [-0.1, -0.05) is 49.1 Å². The highest BCUT2D eigenvalue weighted by Crippen LogP contribution is 2.16. The molecule has 0 aliphatic heterocycles. The average Bonchev–Trinajstić information content (AvgIpc) is 2.39. The molecule has 0 radical (unpaired) electrons. The maximum atomic E-state index is 11.7. The Kier molecular flexibility index (Phi) is 7.95. The Balaban J connectivity index is 5.79. The molecule has 0 unspecified atom stereocenters. The third-order valence-corrected chi connectivity index (χ3v) is 2.13. The van der Waals surface area contributed by atoms with Gasteiger partial charge in [0, 0.05) is 5.57 Å². The molecular formula is C16H20O2. The summed E-state index contributed by atoms with van der Waals surface area (Å²) in [6.45, 7) is 8.95. The number of allylic oxidation sites excluding steroid dienone is 9. The van der Waals surface area contributed by atoms with E-state index in [1.54, 1.807) is 43.4 Å². The highest BCUT2D eigenvalue weighted by Gasteiger charge is 2.11. The molecule has 0 aliphatic rings. The SMILES string of the molecule is C=CC(=O)C(/C=C\C)=C(O)/C(/C=C\C)=C/C=C\C. The Bertz CT molecular complexity index is 444. The highest BCUT2D eigenvalue weighted by molar-refractivity contribution is 6.06. The number of hydrogen-bond donors (Lipinski definition) is 1. The molecule has 0 fully saturated rings. The third kappa shape index (κ3) is 4.83. The van der Waals surface area contributed by atoms with Crippen LogP contribution in [0.3, 0.4) is 0 Å². The molecule has 2 nitrogen and oxygen atoms in total. The fourth-order valence-corrected chi connectivity index (χ4v) is 1.30. The van der Waals surface area contributed by atoms with Crippen LogP contribution < -0.4 is 0 Å². The summed E-state index contributed by atoms with van der Waals surface area (Å²) in [5.74, 6) is -0.351. The topological polar surface area (TPSA) is 37.3 Å². The molecule has 0 amide bonds. The zero-order chi connectivity index (χ0) is 14.0. The van der Waals surface area contributed by atoms with Gasteiger partial charge >= 0.3 is 0 Å². The summed E-state index contributed by atoms with van der Waals surface area (Å²) in [5, 5.41) is 10.2. The predicted octanol–water partition coefficient (Wildman–Crippen LogP) is 4.21. The molecule has 1 N–H and O–H groups in total. The van der Waals surface area contributed by atoms with Crippen molar-refractivity contribution in [1.29, 1.82) is 0 Å². The summed E-state index contributed by atoms with van der Waals surface area (Å²) < 4.78 is 0. The summed E-state index contributed by atoms with van der Waals surface area (Å²) in [5.41, 5.74) is 0.820. The van der Waals surface area contributed by atoms with Crippen molar-refractivity contribution in [2.45, 2.75) is 20.8 Å². The minimum Gasteiger partial charge on any atom is -0.507 e. The van der Waals surface area contributed by atoms with Crippen molar-refractivity contribution in [2.24, 2.45) is 0 Å². The standard InChI is InChI=1S/C16H20O2/c1-5-9-12-13(10-6-2)16(18)14(11-7-3)15(17)8-4/h5-12,18H,4H2,1-3H3/b9-5-,10-6-,11-7-,13-12+,16-14-. The maximum Gasteiger partial charge on any atom is 0.188 e. The molecule has 96 valence electrons. The van der Waals surface area contributed by atoms with Crippen LogP contribution in [0.1, 0.15) is 20.8 Å². The molecule has 0 spiro atoms. The van der Waals surface area contributed by atoms with Crippen molar-refractivity contribution in [2.75, 3.05) is 0 Å². The molecule has 0 aromatic rings. The number of rotatable bonds is 6. The maximum absolute atomic E-state index is 11.7. The summed E-state index contributed by atoms with van der Waals surface area (Å²) in [7, 11) is 0. The fourth-order valence-electron chi connectivity index (χ4n) is 1.30. The van der Waals surface area contributed by atoms with Crippen LogP contribution in [0, 0.1) is 0 Å². The fraction of sp³-hybridized carbons (Fsp3) is 0.188. The molecule has 0 aromatic heterocycles. The Morgan fingerprint density at radius 2 is 1.67 bits per heavy atom. The van der Waals surface area contributed by atoms with Crippen LogP contribution >= 0.6 is 0 Å². The summed E-state index contributed by atoms with van der Waals surface area (Å²) in [4.78, 5) is 11.7. The Labute approximate surface area is 109 Å². The molecule has 0 atom stereocenters. The molecule has 18 heavy (non-hydrogen) atoms. The van der Waals surface area contributed by atoms with Crippen molar-refractivity contribution >= 4 is 5.78 Å². The highest BCUT2D eigenvalue weighted by atomic mass is 16.3. The lowest BCUT2D eigenvalue weighted by molar-refractivity contribution is -0.111. The number of hydrogen-bond acceptors (Lipinski definition) is 2. The normalized spacial score (nSPS) is 14.5. The van der Waals surface area contributed by atoms with Gasteiger partial charge in [-0.05, 0) is 26.8 Å². The number of ketones is 1. The van der Waals surface area contributed by atoms with Crippen molar-refractivity contribution in [3.05, 3.63) is 72.1 Å². The molecule has 0 heterocycles. The summed E-state index contributed by atoms with van der Waals surface area (Å²) in [6, 6.07) is 0. The van der Waals surface area contributed by atoms with E-state index in [0.717, 1.165) is 0 Å². The van der Waals surface area contributed by atoms with E-state index in [-0.39, 0.29) is 17.1 Å². The molecule has 0 bridgehead atoms. The van der Waals surface area contributed by atoms with E-state index >= 15 is 0 Å². The van der Waals surface area contributed by atoms with Crippen LogP contribution in [-0.2, 0) is 4.79 Å². The first-order valence-electron chi connectivity index (χ1n) is 5.81. The van der Waals surface area contributed by atoms with Crippen molar-refractivity contribution < 1.29 is 9.90 Å². The Hall–Kier alpha value is -2.09. The van der Waals surface area contributed by atoms with Gasteiger partial charge in [-0.2, -0.15) is 0 Å². The van der Waals surface area contributed by atoms with Gasteiger partial charge in [-0.3, -0.25) is 4.79 Å². The van der Waals surface area contributed by atoms with Gasteiger partial charge in [0.05, 0.1) is 5.57 Å². The molecule has 0 saturated heterocycles. The minimum atomic E-state index is -0.304. The molecule has 0 rings (SSSR count). The van der Waals surface area contributed by atoms with Crippen LogP contribution in [0.15, 0.2) is 72.1 Å². The largest absolute Gasteiger partial charge is 0.507 e. The quantitative estimate of drug-likeness (QED) is 0.432. The van der Waals surface area contributed by atoms with Gasteiger partial charge in [0.25, 0.3) is 0 Å². The van der Waals surface area contributed by atoms with E-state index in [1.807, 2.05) is 19.9 Å². The lowest BCUT2D eigenvalue weighted by atomic mass is 10.0. The molecule has 0 aliphatic carbocycles. The number of aliphatic hydroxyl groups excluding tert-OH is 1. The zero-order valence-corrected chi connectivity index (χ0v) is 11.2. The van der Waals surface area contributed by atoms with Crippen molar-refractivity contribution in [1.82, 2.24) is 0 Å². The van der Waals surface area contributed by atoms with Gasteiger partial charge in [0.15, 0.2) is 5.78 Å². The van der Waals surface area contributed by atoms with Gasteiger partial charge in [-0.15, -0.1) is 0 Å². The molecule has 0 saturated carbocycles. The van der Waals surface area contributed by atoms with Crippen LogP contribution in [0.25, 0.3) is 0 Å². The van der Waals surface area contributed by atoms with E-state index in [0.29, 0.717) is 5.57 Å². The zero-order valence-electron chi connectivity index (χ0n) is 11.2. The predicted molar refractivity (Wildman–Crippen MR) is 77.4 cm³/mol. The lowest BCUT2D eigenvalue weighted by Crippen LogP contribution is -2.02. The van der Waals surface area contributed by atoms with E-state index in [2.05, 4.69) is 6.58 Å². The van der Waals surface area contributed by atoms with Gasteiger partial charge in [-0.25, -0.2) is 0 Å². The lowest BCUT2D eigenvalue weighted by Gasteiger charge is -2.05. The van der Waals surface area contributed by atoms with Crippen LogP contribution in [0.5, 0.6) is 0 Å². The van der Waals surface area contributed by atoms with Gasteiger partial charge < -0.3 is 5.11 Å². The smallest absolute Gasteiger partial charge is 0.188 e. The first kappa shape index (κ1) is 15.9. The number of carbonyl (C=O) groups is 1. The van der Waals surface area contributed by atoms with E-state index in [1.165, 1.54) is 6.08 Å². The first-order valence-corrected chi connectivity index (χ1v) is 5.81. The molecule has 2 heteroatoms. The van der Waals surface area contributed by atoms with Crippen LogP contribution in [0.4, 0.5) is 0 Å². The van der Waals surface area contributed by atoms with Gasteiger partial charge in [0.2, 0.25) is 0 Å². The minimum absolute atomic E-state index is 0.0470. The molecule has 0 aromatic carbocycles. The Morgan fingerprint density at radius 3 is 2.11 bits per heavy atom. The second-order valence-corrected chi connectivity index (χ2v) is 3.48. The van der Waals surface area contributed by atoms with Crippen molar-refractivity contribution in [3.8, 4) is 0 Å². The van der Waals surface area contributed by atoms with Crippen LogP contribution in [0.2, 0.25) is 0 Å². The first-order chi connectivity index (χ1) is 8.62. The monoisotopic (exact) mass is 244 g/mol. The second kappa shape index (κ2) is 8.99. The van der Waals surface area contributed by atoms with Crippen LogP contribution in [-0.4, -0.2) is 10.9 Å². The Morgan fingerprint density at radius 1 is 1.06 bits per heavy atom. The number of carbonyl (C=O) groups excluding carboxylic acids is 1. The van der Waals surface area contributed by atoms with Crippen molar-refractivity contribution in [3.63, 3.8) is 0 Å². The second-order valence-electron chi connectivity index (χ2n) is 3.48. The summed E-state index contributed by atoms with van der Waals surface area (Å²) >= 11 is 0. The van der Waals surface area contributed by atoms with E-state index in [9.17, 15) is 9.90 Å². The molecular weight excluding hydrogens is 224 g/mol. The summed E-state index contributed by atoms with van der Waals surface area (Å²) in [6.07, 6.45) is 13.4. The van der Waals surface area contributed by atoms with Gasteiger partial charge in [0.1, 0.15) is 5.76 Å². The van der Waals surface area contributed by atoms with E-state index in [4.69, 9.17) is 0 Å². The van der Waals surface area contributed by atoms with E-state index < -0.39 is 0 Å². The number of aliphatic hydroxyl groups is 1.